The molecular weight excluding hydrogens is 949 g/mol. The maximum Gasteiger partial charge on any atom is 0.335 e. The Bertz CT molecular complexity index is 1540. The maximum absolute atomic E-state index is 13.1. The van der Waals surface area contributed by atoms with Crippen molar-refractivity contribution in [2.24, 2.45) is 0 Å². The average molecular weight is 1060 g/mol. The van der Waals surface area contributed by atoms with E-state index in [9.17, 15) is 34.5 Å². The highest BCUT2D eigenvalue weighted by molar-refractivity contribution is 5.74. The molecule has 12 heteroatoms. The van der Waals surface area contributed by atoms with Gasteiger partial charge in [-0.3, -0.25) is 14.4 Å². The van der Waals surface area contributed by atoms with Gasteiger partial charge in [0.2, 0.25) is 0 Å². The molecular formula is C63H108O12. The van der Waals surface area contributed by atoms with Gasteiger partial charge in [0, 0.05) is 19.3 Å². The normalized spacial score (nSPS) is 18.5. The molecule has 6 unspecified atom stereocenters. The second-order valence-corrected chi connectivity index (χ2v) is 20.6. The number of hydrogen-bond donors (Lipinski definition) is 3. The molecule has 1 aliphatic heterocycles. The molecule has 1 aliphatic rings. The molecule has 432 valence electrons. The SMILES string of the molecule is CC/C=C\C/C=C\C/C=C\C/C=C\CCCCC(=O)OC(COC(=O)CCCCCCCCCCCCCCCCCCCCC)COC1OC(C(=O)O)C(O)C(O)C1OC(=O)CCCCCCC/C=C\CCCC. The first kappa shape index (κ1) is 69.4. The molecule has 0 aliphatic carbocycles. The number of aliphatic hydroxyl groups is 2. The van der Waals surface area contributed by atoms with E-state index in [1.807, 2.05) is 0 Å². The van der Waals surface area contributed by atoms with Crippen LogP contribution < -0.4 is 0 Å². The van der Waals surface area contributed by atoms with E-state index in [4.69, 9.17) is 23.7 Å². The molecule has 0 amide bonds. The van der Waals surface area contributed by atoms with Crippen LogP contribution >= 0.6 is 0 Å². The minimum absolute atomic E-state index is 0.0449. The number of rotatable bonds is 51. The molecule has 1 heterocycles. The summed E-state index contributed by atoms with van der Waals surface area (Å²) >= 11 is 0. The second kappa shape index (κ2) is 51.2. The van der Waals surface area contributed by atoms with Crippen LogP contribution in [0.2, 0.25) is 0 Å². The Morgan fingerprint density at radius 2 is 0.853 bits per heavy atom. The van der Waals surface area contributed by atoms with Crippen molar-refractivity contribution < 1.29 is 58.2 Å². The highest BCUT2D eigenvalue weighted by atomic mass is 16.7. The first-order valence-electron chi connectivity index (χ1n) is 30.3. The van der Waals surface area contributed by atoms with Gasteiger partial charge in [0.15, 0.2) is 24.6 Å². The predicted octanol–water partition coefficient (Wildman–Crippen LogP) is 15.6. The van der Waals surface area contributed by atoms with Crippen molar-refractivity contribution in [1.82, 2.24) is 0 Å². The summed E-state index contributed by atoms with van der Waals surface area (Å²) in [5.41, 5.74) is 0. The van der Waals surface area contributed by atoms with Crippen LogP contribution in [0.25, 0.3) is 0 Å². The number of carboxylic acid groups (broad SMARTS) is 1. The molecule has 75 heavy (non-hydrogen) atoms. The van der Waals surface area contributed by atoms with Crippen LogP contribution in [0.4, 0.5) is 0 Å². The molecule has 0 aromatic rings. The molecule has 0 aromatic heterocycles. The minimum atomic E-state index is -1.91. The fourth-order valence-electron chi connectivity index (χ4n) is 8.93. The first-order valence-corrected chi connectivity index (χ1v) is 30.3. The number of esters is 3. The molecule has 0 radical (unpaired) electrons. The quantitative estimate of drug-likeness (QED) is 0.0228. The van der Waals surface area contributed by atoms with Crippen LogP contribution in [0.3, 0.4) is 0 Å². The van der Waals surface area contributed by atoms with Crippen molar-refractivity contribution in [2.75, 3.05) is 13.2 Å². The van der Waals surface area contributed by atoms with Gasteiger partial charge in [0.25, 0.3) is 0 Å². The van der Waals surface area contributed by atoms with Gasteiger partial charge in [-0.15, -0.1) is 0 Å². The number of carbonyl (C=O) groups is 4. The third-order valence-electron chi connectivity index (χ3n) is 13.6. The second-order valence-electron chi connectivity index (χ2n) is 20.6. The minimum Gasteiger partial charge on any atom is -0.479 e. The smallest absolute Gasteiger partial charge is 0.335 e. The number of carboxylic acids is 1. The Morgan fingerprint density at radius 3 is 1.36 bits per heavy atom. The van der Waals surface area contributed by atoms with Gasteiger partial charge < -0.3 is 39.0 Å². The van der Waals surface area contributed by atoms with Gasteiger partial charge in [0.1, 0.15) is 18.8 Å². The largest absolute Gasteiger partial charge is 0.479 e. The lowest BCUT2D eigenvalue weighted by atomic mass is 9.98. The van der Waals surface area contributed by atoms with Crippen LogP contribution in [0.15, 0.2) is 60.8 Å². The first-order chi connectivity index (χ1) is 36.6. The van der Waals surface area contributed by atoms with Gasteiger partial charge >= 0.3 is 23.9 Å². The zero-order chi connectivity index (χ0) is 54.7. The average Bonchev–Trinajstić information content (AvgIpc) is 3.39. The number of ether oxygens (including phenoxy) is 5. The molecule has 0 saturated carbocycles. The van der Waals surface area contributed by atoms with Gasteiger partial charge in [-0.2, -0.15) is 0 Å². The summed E-state index contributed by atoms with van der Waals surface area (Å²) in [4.78, 5) is 51.1. The molecule has 1 saturated heterocycles. The van der Waals surface area contributed by atoms with Gasteiger partial charge in [0.05, 0.1) is 6.61 Å². The molecule has 0 aromatic carbocycles. The lowest BCUT2D eigenvalue weighted by Crippen LogP contribution is -2.61. The zero-order valence-electron chi connectivity index (χ0n) is 47.5. The van der Waals surface area contributed by atoms with E-state index in [0.29, 0.717) is 19.3 Å². The predicted molar refractivity (Wildman–Crippen MR) is 303 cm³/mol. The summed E-state index contributed by atoms with van der Waals surface area (Å²) in [5, 5.41) is 31.4. The summed E-state index contributed by atoms with van der Waals surface area (Å²) in [6, 6.07) is 0. The van der Waals surface area contributed by atoms with Crippen LogP contribution in [0.1, 0.15) is 265 Å². The van der Waals surface area contributed by atoms with Crippen molar-refractivity contribution in [2.45, 2.75) is 302 Å². The molecule has 12 nitrogen and oxygen atoms in total. The molecule has 6 atom stereocenters. The number of allylic oxidation sites excluding steroid dienone is 10. The fraction of sp³-hybridized carbons (Fsp3) is 0.778. The highest BCUT2D eigenvalue weighted by Crippen LogP contribution is 2.26. The van der Waals surface area contributed by atoms with E-state index < -0.39 is 67.3 Å². The Balaban J connectivity index is 2.68. The lowest BCUT2D eigenvalue weighted by Gasteiger charge is -2.40. The molecule has 0 bridgehead atoms. The zero-order valence-corrected chi connectivity index (χ0v) is 47.5. The summed E-state index contributed by atoms with van der Waals surface area (Å²) in [6.07, 6.45) is 50.7. The number of aliphatic carboxylic acids is 1. The van der Waals surface area contributed by atoms with E-state index in [1.165, 1.54) is 109 Å². The topological polar surface area (TPSA) is 175 Å². The summed E-state index contributed by atoms with van der Waals surface area (Å²) in [6.45, 7) is 5.81. The molecule has 1 fully saturated rings. The monoisotopic (exact) mass is 1060 g/mol. The Kier molecular flexibility index (Phi) is 47.4. The van der Waals surface area contributed by atoms with Crippen molar-refractivity contribution in [3.63, 3.8) is 0 Å². The Morgan fingerprint density at radius 1 is 0.453 bits per heavy atom. The summed E-state index contributed by atoms with van der Waals surface area (Å²) in [5.74, 6) is -3.18. The highest BCUT2D eigenvalue weighted by Gasteiger charge is 2.50. The number of hydrogen-bond acceptors (Lipinski definition) is 11. The third-order valence-corrected chi connectivity index (χ3v) is 13.6. The van der Waals surface area contributed by atoms with E-state index in [-0.39, 0.29) is 25.9 Å². The summed E-state index contributed by atoms with van der Waals surface area (Å²) in [7, 11) is 0. The lowest BCUT2D eigenvalue weighted by molar-refractivity contribution is -0.301. The van der Waals surface area contributed by atoms with E-state index >= 15 is 0 Å². The number of carbonyl (C=O) groups excluding carboxylic acids is 3. The Labute approximate surface area is 456 Å². The molecule has 3 N–H and O–H groups in total. The number of aliphatic hydroxyl groups excluding tert-OH is 2. The molecule has 1 rings (SSSR count). The molecule has 0 spiro atoms. The summed E-state index contributed by atoms with van der Waals surface area (Å²) < 4.78 is 28.4. The standard InChI is InChI=1S/C63H108O12/c1-4-7-10-13-16-19-22-24-26-27-28-29-31-32-35-37-40-43-46-49-55(64)71-52-54(73-56(65)50-47-44-41-39-36-33-30-25-23-20-17-14-11-8-5-2)53-72-63-61(59(68)58(67)60(75-63)62(69)70)74-57(66)51-48-45-42-38-34-21-18-15-12-9-6-3/h8,11,15,17-18,20,25,30,36,39,54,58-61,63,67-68H,4-7,9-10,12-14,16,19,21-24,26-29,31-35,37-38,40-53H2,1-3H3,(H,69,70)/b11-8-,18-15-,20-17-,30-25-,39-36-. The van der Waals surface area contributed by atoms with E-state index in [0.717, 1.165) is 96.3 Å². The van der Waals surface area contributed by atoms with Crippen LogP contribution in [-0.2, 0) is 42.9 Å². The van der Waals surface area contributed by atoms with Gasteiger partial charge in [-0.1, -0.05) is 229 Å². The van der Waals surface area contributed by atoms with Gasteiger partial charge in [-0.05, 0) is 77.0 Å². The Hall–Kier alpha value is -3.58. The van der Waals surface area contributed by atoms with Crippen molar-refractivity contribution in [3.05, 3.63) is 60.8 Å². The van der Waals surface area contributed by atoms with Crippen molar-refractivity contribution in [3.8, 4) is 0 Å². The van der Waals surface area contributed by atoms with Crippen molar-refractivity contribution in [1.29, 1.82) is 0 Å². The maximum atomic E-state index is 13.1. The third kappa shape index (κ3) is 41.2. The fourth-order valence-corrected chi connectivity index (χ4v) is 8.93. The van der Waals surface area contributed by atoms with Gasteiger partial charge in [-0.25, -0.2) is 4.79 Å². The van der Waals surface area contributed by atoms with Crippen LogP contribution in [0, 0.1) is 0 Å². The number of unbranched alkanes of at least 4 members (excludes halogenated alkanes) is 27. The van der Waals surface area contributed by atoms with Crippen LogP contribution in [0.5, 0.6) is 0 Å². The van der Waals surface area contributed by atoms with E-state index in [1.54, 1.807) is 0 Å². The van der Waals surface area contributed by atoms with Crippen molar-refractivity contribution >= 4 is 23.9 Å². The van der Waals surface area contributed by atoms with E-state index in [2.05, 4.69) is 81.5 Å². The van der Waals surface area contributed by atoms with Crippen LogP contribution in [-0.4, -0.2) is 89.2 Å².